The number of nitrogens with zero attached hydrogens (tertiary/aromatic N) is 4. The van der Waals surface area contributed by atoms with Gasteiger partial charge in [0.1, 0.15) is 0 Å². The SMILES string of the molecule is CCc1nn2c(C)c(C(=O)Nc3ccccc3C(F)(F)F)nnc2c1-c1ccc(Cl)cc1. The second kappa shape index (κ2) is 8.23. The Kier molecular flexibility index (Phi) is 5.60. The van der Waals surface area contributed by atoms with Gasteiger partial charge < -0.3 is 5.32 Å². The summed E-state index contributed by atoms with van der Waals surface area (Å²) in [5.41, 5.74) is 1.70. The van der Waals surface area contributed by atoms with Gasteiger partial charge in [0.05, 0.1) is 28.2 Å². The first-order valence-electron chi connectivity index (χ1n) is 9.69. The Bertz CT molecular complexity index is 1320. The number of benzene rings is 2. The molecule has 0 saturated heterocycles. The number of fused-ring (bicyclic) bond motifs is 1. The van der Waals surface area contributed by atoms with Crippen molar-refractivity contribution in [3.05, 3.63) is 76.2 Å². The highest BCUT2D eigenvalue weighted by Gasteiger charge is 2.34. The predicted octanol–water partition coefficient (Wildman–Crippen LogP) is 5.59. The standard InChI is InChI=1S/C22H17ClF3N5O/c1-3-16-18(13-8-10-14(23)11-9-13)20-29-28-19(12(2)31(20)30-16)21(32)27-17-7-5-4-6-15(17)22(24,25)26/h4-11H,3H2,1-2H3,(H,27,32). The molecule has 1 amide bonds. The molecule has 2 aromatic carbocycles. The van der Waals surface area contributed by atoms with Gasteiger partial charge in [-0.15, -0.1) is 10.2 Å². The van der Waals surface area contributed by atoms with Crippen LogP contribution in [-0.4, -0.2) is 25.7 Å². The van der Waals surface area contributed by atoms with Crippen LogP contribution in [0.3, 0.4) is 0 Å². The molecule has 10 heteroatoms. The molecule has 1 N–H and O–H groups in total. The van der Waals surface area contributed by atoms with Gasteiger partial charge in [-0.3, -0.25) is 4.79 Å². The highest BCUT2D eigenvalue weighted by molar-refractivity contribution is 6.30. The fourth-order valence-corrected chi connectivity index (χ4v) is 3.57. The molecule has 4 aromatic rings. The number of nitrogens with one attached hydrogen (secondary N) is 1. The van der Waals surface area contributed by atoms with Crippen LogP contribution in [0.2, 0.25) is 5.02 Å². The molecule has 0 aliphatic heterocycles. The number of hydrogen-bond donors (Lipinski definition) is 1. The maximum Gasteiger partial charge on any atom is 0.418 e. The summed E-state index contributed by atoms with van der Waals surface area (Å²) < 4.78 is 41.3. The lowest BCUT2D eigenvalue weighted by atomic mass is 10.0. The van der Waals surface area contributed by atoms with E-state index in [1.165, 1.54) is 22.7 Å². The molecule has 2 heterocycles. The number of halogens is 4. The van der Waals surface area contributed by atoms with Crippen LogP contribution in [0.25, 0.3) is 16.8 Å². The van der Waals surface area contributed by atoms with E-state index in [4.69, 9.17) is 11.6 Å². The van der Waals surface area contributed by atoms with Crippen molar-refractivity contribution in [1.29, 1.82) is 0 Å². The van der Waals surface area contributed by atoms with Crippen molar-refractivity contribution in [2.45, 2.75) is 26.4 Å². The summed E-state index contributed by atoms with van der Waals surface area (Å²) in [5, 5.41) is 15.6. The summed E-state index contributed by atoms with van der Waals surface area (Å²) in [6.45, 7) is 3.55. The van der Waals surface area contributed by atoms with Crippen molar-refractivity contribution >= 4 is 28.8 Å². The number of carbonyl (C=O) groups excluding carboxylic acids is 1. The number of carbonyl (C=O) groups is 1. The van der Waals surface area contributed by atoms with Crippen LogP contribution in [0.5, 0.6) is 0 Å². The van der Waals surface area contributed by atoms with Crippen LogP contribution < -0.4 is 5.32 Å². The molecular formula is C22H17ClF3N5O. The van der Waals surface area contributed by atoms with Crippen molar-refractivity contribution < 1.29 is 18.0 Å². The maximum absolute atomic E-state index is 13.3. The van der Waals surface area contributed by atoms with E-state index >= 15 is 0 Å². The Balaban J connectivity index is 1.77. The molecular weight excluding hydrogens is 443 g/mol. The molecule has 0 fully saturated rings. The van der Waals surface area contributed by atoms with Crippen LogP contribution in [0.1, 0.15) is 34.4 Å². The van der Waals surface area contributed by atoms with Crippen molar-refractivity contribution in [2.75, 3.05) is 5.32 Å². The van der Waals surface area contributed by atoms with Gasteiger partial charge in [0.15, 0.2) is 11.3 Å². The topological polar surface area (TPSA) is 72.2 Å². The largest absolute Gasteiger partial charge is 0.418 e. The van der Waals surface area contributed by atoms with E-state index in [0.717, 1.165) is 22.9 Å². The second-order valence-electron chi connectivity index (χ2n) is 7.05. The Morgan fingerprint density at radius 3 is 2.44 bits per heavy atom. The fraction of sp³-hybridized carbons (Fsp3) is 0.182. The van der Waals surface area contributed by atoms with Gasteiger partial charge in [-0.05, 0) is 43.2 Å². The highest BCUT2D eigenvalue weighted by atomic mass is 35.5. The lowest BCUT2D eigenvalue weighted by molar-refractivity contribution is -0.136. The first-order valence-corrected chi connectivity index (χ1v) is 10.1. The van der Waals surface area contributed by atoms with Gasteiger partial charge in [0.2, 0.25) is 0 Å². The summed E-state index contributed by atoms with van der Waals surface area (Å²) in [4.78, 5) is 12.8. The summed E-state index contributed by atoms with van der Waals surface area (Å²) >= 11 is 5.99. The van der Waals surface area contributed by atoms with Crippen LogP contribution in [0.4, 0.5) is 18.9 Å². The number of alkyl halides is 3. The summed E-state index contributed by atoms with van der Waals surface area (Å²) in [6.07, 6.45) is -4.01. The van der Waals surface area contributed by atoms with E-state index < -0.39 is 17.6 Å². The first-order chi connectivity index (χ1) is 15.2. The van der Waals surface area contributed by atoms with E-state index in [1.54, 1.807) is 19.1 Å². The van der Waals surface area contributed by atoms with Crippen LogP contribution in [0, 0.1) is 6.92 Å². The third kappa shape index (κ3) is 3.91. The normalized spacial score (nSPS) is 11.7. The fourth-order valence-electron chi connectivity index (χ4n) is 3.44. The zero-order valence-electron chi connectivity index (χ0n) is 17.0. The molecule has 32 heavy (non-hydrogen) atoms. The molecule has 2 aromatic heterocycles. The number of aromatic nitrogens is 4. The number of rotatable bonds is 4. The lowest BCUT2D eigenvalue weighted by Gasteiger charge is -2.13. The molecule has 6 nitrogen and oxygen atoms in total. The van der Waals surface area contributed by atoms with Crippen molar-refractivity contribution in [3.63, 3.8) is 0 Å². The van der Waals surface area contributed by atoms with Crippen LogP contribution in [-0.2, 0) is 12.6 Å². The summed E-state index contributed by atoms with van der Waals surface area (Å²) in [7, 11) is 0. The Morgan fingerprint density at radius 2 is 1.78 bits per heavy atom. The van der Waals surface area contributed by atoms with E-state index in [0.29, 0.717) is 22.8 Å². The van der Waals surface area contributed by atoms with Crippen LogP contribution in [0.15, 0.2) is 48.5 Å². The number of hydrogen-bond acceptors (Lipinski definition) is 4. The molecule has 0 aliphatic rings. The number of anilines is 1. The van der Waals surface area contributed by atoms with Crippen LogP contribution >= 0.6 is 11.6 Å². The van der Waals surface area contributed by atoms with Gasteiger partial charge in [-0.1, -0.05) is 42.8 Å². The molecule has 0 radical (unpaired) electrons. The Hall–Kier alpha value is -3.46. The summed E-state index contributed by atoms with van der Waals surface area (Å²) in [5.74, 6) is -0.810. The maximum atomic E-state index is 13.3. The lowest BCUT2D eigenvalue weighted by Crippen LogP contribution is -2.20. The van der Waals surface area contributed by atoms with Gasteiger partial charge in [0.25, 0.3) is 5.91 Å². The second-order valence-corrected chi connectivity index (χ2v) is 7.49. The Morgan fingerprint density at radius 1 is 1.09 bits per heavy atom. The minimum absolute atomic E-state index is 0.123. The summed E-state index contributed by atoms with van der Waals surface area (Å²) in [6, 6.07) is 11.9. The van der Waals surface area contributed by atoms with Crippen molar-refractivity contribution in [1.82, 2.24) is 19.8 Å². The zero-order chi connectivity index (χ0) is 23.0. The number of aryl methyl sites for hydroxylation is 2. The third-order valence-electron chi connectivity index (χ3n) is 5.00. The smallest absolute Gasteiger partial charge is 0.320 e. The molecule has 0 atom stereocenters. The third-order valence-corrected chi connectivity index (χ3v) is 5.25. The number of para-hydroxylation sites is 1. The average molecular weight is 460 g/mol. The predicted molar refractivity (Wildman–Crippen MR) is 115 cm³/mol. The molecule has 0 aliphatic carbocycles. The van der Waals surface area contributed by atoms with E-state index in [-0.39, 0.29) is 11.4 Å². The molecule has 0 bridgehead atoms. The zero-order valence-corrected chi connectivity index (χ0v) is 17.8. The monoisotopic (exact) mass is 459 g/mol. The quantitative estimate of drug-likeness (QED) is 0.432. The molecule has 0 spiro atoms. The van der Waals surface area contributed by atoms with Crippen molar-refractivity contribution in [3.8, 4) is 11.1 Å². The first kappa shape index (κ1) is 21.8. The van der Waals surface area contributed by atoms with E-state index in [9.17, 15) is 18.0 Å². The van der Waals surface area contributed by atoms with E-state index in [2.05, 4.69) is 20.6 Å². The molecule has 0 saturated carbocycles. The van der Waals surface area contributed by atoms with Crippen molar-refractivity contribution in [2.24, 2.45) is 0 Å². The average Bonchev–Trinajstić information content (AvgIpc) is 3.14. The van der Waals surface area contributed by atoms with Gasteiger partial charge >= 0.3 is 6.18 Å². The number of amides is 1. The minimum atomic E-state index is -4.61. The molecule has 164 valence electrons. The molecule has 4 rings (SSSR count). The molecule has 0 unspecified atom stereocenters. The van der Waals surface area contributed by atoms with Gasteiger partial charge in [-0.25, -0.2) is 4.52 Å². The van der Waals surface area contributed by atoms with Gasteiger partial charge in [0, 0.05) is 5.02 Å². The van der Waals surface area contributed by atoms with E-state index in [1.807, 2.05) is 19.1 Å². The Labute approximate surface area is 186 Å². The highest BCUT2D eigenvalue weighted by Crippen LogP contribution is 2.35. The minimum Gasteiger partial charge on any atom is -0.320 e. The van der Waals surface area contributed by atoms with Gasteiger partial charge in [-0.2, -0.15) is 18.3 Å².